The van der Waals surface area contributed by atoms with Crippen LogP contribution in [0.4, 0.5) is 9.52 Å². The Morgan fingerprint density at radius 2 is 2.00 bits per heavy atom. The molecule has 0 aliphatic rings. The number of rotatable bonds is 5. The third-order valence-corrected chi connectivity index (χ3v) is 5.27. The number of aromatic nitrogens is 2. The second-order valence-electron chi connectivity index (χ2n) is 4.75. The van der Waals surface area contributed by atoms with Crippen LogP contribution in [0.25, 0.3) is 0 Å². The van der Waals surface area contributed by atoms with Gasteiger partial charge in [0.2, 0.25) is 5.13 Å². The van der Waals surface area contributed by atoms with Crippen molar-refractivity contribution in [3.8, 4) is 0 Å². The molecular weight excluding hydrogens is 369 g/mol. The first-order valence-corrected chi connectivity index (χ1v) is 9.06. The van der Waals surface area contributed by atoms with E-state index in [2.05, 4.69) is 15.5 Å². The van der Waals surface area contributed by atoms with Gasteiger partial charge >= 0.3 is 0 Å². The Hall–Kier alpha value is -1.96. The fourth-order valence-corrected chi connectivity index (χ4v) is 3.74. The van der Waals surface area contributed by atoms with Crippen LogP contribution in [0.2, 0.25) is 5.02 Å². The van der Waals surface area contributed by atoms with Gasteiger partial charge in [-0.1, -0.05) is 52.9 Å². The summed E-state index contributed by atoms with van der Waals surface area (Å²) in [6.45, 7) is 0. The molecule has 2 aromatic carbocycles. The second kappa shape index (κ2) is 7.74. The Labute approximate surface area is 151 Å². The number of nitrogens with zero attached hydrogens (tertiary/aromatic N) is 2. The van der Waals surface area contributed by atoms with Crippen molar-refractivity contribution in [3.63, 3.8) is 0 Å². The molecule has 0 unspecified atom stereocenters. The van der Waals surface area contributed by atoms with Gasteiger partial charge in [-0.05, 0) is 35.9 Å². The van der Waals surface area contributed by atoms with Gasteiger partial charge in [-0.2, -0.15) is 0 Å². The fraction of sp³-hybridized carbons (Fsp3) is 0.0625. The molecule has 24 heavy (non-hydrogen) atoms. The lowest BCUT2D eigenvalue weighted by molar-refractivity contribution is 0.102. The van der Waals surface area contributed by atoms with Gasteiger partial charge in [-0.3, -0.25) is 10.1 Å². The van der Waals surface area contributed by atoms with E-state index in [1.54, 1.807) is 36.4 Å². The van der Waals surface area contributed by atoms with Gasteiger partial charge in [0, 0.05) is 16.3 Å². The zero-order valence-electron chi connectivity index (χ0n) is 12.2. The number of thioether (sulfide) groups is 1. The molecule has 0 radical (unpaired) electrons. The molecule has 3 aromatic rings. The van der Waals surface area contributed by atoms with E-state index in [0.29, 0.717) is 21.5 Å². The van der Waals surface area contributed by atoms with Crippen molar-refractivity contribution < 1.29 is 9.18 Å². The highest BCUT2D eigenvalue weighted by molar-refractivity contribution is 8.00. The summed E-state index contributed by atoms with van der Waals surface area (Å²) in [6.07, 6.45) is 0. The number of hydrogen-bond acceptors (Lipinski definition) is 5. The van der Waals surface area contributed by atoms with Gasteiger partial charge in [0.15, 0.2) is 4.34 Å². The van der Waals surface area contributed by atoms with Crippen molar-refractivity contribution in [1.29, 1.82) is 0 Å². The summed E-state index contributed by atoms with van der Waals surface area (Å²) < 4.78 is 13.6. The van der Waals surface area contributed by atoms with E-state index in [4.69, 9.17) is 11.6 Å². The van der Waals surface area contributed by atoms with E-state index in [0.717, 1.165) is 9.90 Å². The Kier molecular flexibility index (Phi) is 5.44. The molecule has 122 valence electrons. The van der Waals surface area contributed by atoms with Gasteiger partial charge < -0.3 is 0 Å². The Morgan fingerprint density at radius 1 is 1.21 bits per heavy atom. The Balaban J connectivity index is 1.59. The molecule has 0 saturated carbocycles. The quantitative estimate of drug-likeness (QED) is 0.507. The minimum absolute atomic E-state index is 0.259. The summed E-state index contributed by atoms with van der Waals surface area (Å²) in [5.74, 6) is 0.103. The van der Waals surface area contributed by atoms with Gasteiger partial charge in [-0.15, -0.1) is 10.2 Å². The van der Waals surface area contributed by atoms with Crippen LogP contribution in [0, 0.1) is 5.82 Å². The van der Waals surface area contributed by atoms with Crippen LogP contribution in [-0.4, -0.2) is 16.1 Å². The molecule has 3 rings (SSSR count). The SMILES string of the molecule is O=C(Nc1nnc(SCc2ccc(F)cc2)s1)c1cccc(Cl)c1. The molecular formula is C16H11ClFN3OS2. The molecule has 0 bridgehead atoms. The molecule has 8 heteroatoms. The molecule has 1 N–H and O–H groups in total. The van der Waals surface area contributed by atoms with Crippen molar-refractivity contribution in [3.05, 3.63) is 70.5 Å². The molecule has 0 aliphatic heterocycles. The van der Waals surface area contributed by atoms with E-state index >= 15 is 0 Å². The number of hydrogen-bond donors (Lipinski definition) is 1. The smallest absolute Gasteiger partial charge is 0.257 e. The second-order valence-corrected chi connectivity index (χ2v) is 7.39. The molecule has 1 heterocycles. The normalized spacial score (nSPS) is 10.6. The molecule has 1 aromatic heterocycles. The zero-order valence-corrected chi connectivity index (χ0v) is 14.6. The number of anilines is 1. The average Bonchev–Trinajstić information content (AvgIpc) is 3.02. The summed E-state index contributed by atoms with van der Waals surface area (Å²) in [6, 6.07) is 13.0. The first-order chi connectivity index (χ1) is 11.6. The summed E-state index contributed by atoms with van der Waals surface area (Å²) in [7, 11) is 0. The molecule has 0 fully saturated rings. The van der Waals surface area contributed by atoms with Gasteiger partial charge in [0.1, 0.15) is 5.82 Å². The summed E-state index contributed by atoms with van der Waals surface area (Å²) in [4.78, 5) is 12.1. The minimum atomic E-state index is -0.288. The third kappa shape index (κ3) is 4.53. The van der Waals surface area contributed by atoms with Crippen LogP contribution in [-0.2, 0) is 5.75 Å². The summed E-state index contributed by atoms with van der Waals surface area (Å²) >= 11 is 8.63. The lowest BCUT2D eigenvalue weighted by atomic mass is 10.2. The molecule has 1 amide bonds. The summed E-state index contributed by atoms with van der Waals surface area (Å²) in [5, 5.41) is 11.6. The van der Waals surface area contributed by atoms with Crippen LogP contribution < -0.4 is 5.32 Å². The highest BCUT2D eigenvalue weighted by atomic mass is 35.5. The van der Waals surface area contributed by atoms with Crippen molar-refractivity contribution >= 4 is 45.7 Å². The fourth-order valence-electron chi connectivity index (χ4n) is 1.84. The topological polar surface area (TPSA) is 54.9 Å². The molecule has 4 nitrogen and oxygen atoms in total. The highest BCUT2D eigenvalue weighted by Crippen LogP contribution is 2.28. The predicted molar refractivity (Wildman–Crippen MR) is 95.3 cm³/mol. The van der Waals surface area contributed by atoms with E-state index in [1.807, 2.05) is 0 Å². The minimum Gasteiger partial charge on any atom is -0.296 e. The standard InChI is InChI=1S/C16H11ClFN3OS2/c17-12-3-1-2-11(8-12)14(22)19-15-20-21-16(24-15)23-9-10-4-6-13(18)7-5-10/h1-8H,9H2,(H,19,20,22). The number of benzene rings is 2. The van der Waals surface area contributed by atoms with Crippen LogP contribution in [0.15, 0.2) is 52.9 Å². The van der Waals surface area contributed by atoms with Crippen molar-refractivity contribution in [2.45, 2.75) is 10.1 Å². The molecule has 0 aliphatic carbocycles. The van der Waals surface area contributed by atoms with E-state index in [1.165, 1.54) is 35.2 Å². The molecule has 0 saturated heterocycles. The average molecular weight is 380 g/mol. The monoisotopic (exact) mass is 379 g/mol. The lowest BCUT2D eigenvalue weighted by Gasteiger charge is -2.01. The van der Waals surface area contributed by atoms with Crippen molar-refractivity contribution in [2.75, 3.05) is 5.32 Å². The Morgan fingerprint density at radius 3 is 2.75 bits per heavy atom. The summed E-state index contributed by atoms with van der Waals surface area (Å²) in [5.41, 5.74) is 1.44. The maximum Gasteiger partial charge on any atom is 0.257 e. The van der Waals surface area contributed by atoms with Gasteiger partial charge in [0.25, 0.3) is 5.91 Å². The van der Waals surface area contributed by atoms with E-state index in [-0.39, 0.29) is 11.7 Å². The van der Waals surface area contributed by atoms with Crippen LogP contribution in [0.3, 0.4) is 0 Å². The molecule has 0 spiro atoms. The predicted octanol–water partition coefficient (Wildman–Crippen LogP) is 4.88. The number of amides is 1. The first kappa shape index (κ1) is 16.9. The zero-order chi connectivity index (χ0) is 16.9. The van der Waals surface area contributed by atoms with Crippen LogP contribution in [0.1, 0.15) is 15.9 Å². The van der Waals surface area contributed by atoms with Crippen LogP contribution >= 0.6 is 34.7 Å². The maximum atomic E-state index is 12.9. The number of carbonyl (C=O) groups is 1. The lowest BCUT2D eigenvalue weighted by Crippen LogP contribution is -2.11. The first-order valence-electron chi connectivity index (χ1n) is 6.88. The number of carbonyl (C=O) groups excluding carboxylic acids is 1. The maximum absolute atomic E-state index is 12.9. The van der Waals surface area contributed by atoms with Crippen LogP contribution in [0.5, 0.6) is 0 Å². The van der Waals surface area contributed by atoms with Gasteiger partial charge in [0.05, 0.1) is 0 Å². The van der Waals surface area contributed by atoms with Gasteiger partial charge in [-0.25, -0.2) is 4.39 Å². The van der Waals surface area contributed by atoms with Crippen molar-refractivity contribution in [2.24, 2.45) is 0 Å². The molecule has 0 atom stereocenters. The van der Waals surface area contributed by atoms with E-state index in [9.17, 15) is 9.18 Å². The largest absolute Gasteiger partial charge is 0.296 e. The number of nitrogens with one attached hydrogen (secondary N) is 1. The highest BCUT2D eigenvalue weighted by Gasteiger charge is 2.11. The van der Waals surface area contributed by atoms with E-state index < -0.39 is 0 Å². The van der Waals surface area contributed by atoms with Crippen molar-refractivity contribution in [1.82, 2.24) is 10.2 Å². The Bertz CT molecular complexity index is 855. The third-order valence-electron chi connectivity index (χ3n) is 2.99. The number of halogens is 2.